The first kappa shape index (κ1) is 15.1. The van der Waals surface area contributed by atoms with E-state index in [1.165, 1.54) is 19.4 Å². The second kappa shape index (κ2) is 6.95. The van der Waals surface area contributed by atoms with Crippen molar-refractivity contribution in [3.05, 3.63) is 23.8 Å². The van der Waals surface area contributed by atoms with Crippen LogP contribution in [0.1, 0.15) is 38.3 Å². The minimum atomic E-state index is 0.193. The van der Waals surface area contributed by atoms with E-state index in [-0.39, 0.29) is 11.8 Å². The summed E-state index contributed by atoms with van der Waals surface area (Å²) >= 11 is 0. The largest absolute Gasteiger partial charge is 0.504 e. The normalized spacial score (nSPS) is 21.6. The summed E-state index contributed by atoms with van der Waals surface area (Å²) in [6, 6.07) is 6.36. The van der Waals surface area contributed by atoms with Gasteiger partial charge in [0.2, 0.25) is 0 Å². The van der Waals surface area contributed by atoms with Gasteiger partial charge in [0.15, 0.2) is 11.5 Å². The Labute approximate surface area is 121 Å². The number of benzene rings is 1. The Balaban J connectivity index is 1.99. The van der Waals surface area contributed by atoms with Gasteiger partial charge in [-0.05, 0) is 50.6 Å². The van der Waals surface area contributed by atoms with Crippen LogP contribution in [0.5, 0.6) is 11.5 Å². The molecule has 0 saturated carbocycles. The van der Waals surface area contributed by atoms with Crippen LogP contribution in [-0.2, 0) is 0 Å². The van der Waals surface area contributed by atoms with Crippen molar-refractivity contribution in [3.63, 3.8) is 0 Å². The lowest BCUT2D eigenvalue weighted by atomic mass is 10.0. The number of nitrogens with one attached hydrogen (secondary N) is 1. The Morgan fingerprint density at radius 2 is 2.30 bits per heavy atom. The summed E-state index contributed by atoms with van der Waals surface area (Å²) in [4.78, 5) is 2.49. The van der Waals surface area contributed by atoms with Crippen LogP contribution in [-0.4, -0.2) is 42.8 Å². The Morgan fingerprint density at radius 3 is 3.00 bits per heavy atom. The number of rotatable bonds is 5. The summed E-state index contributed by atoms with van der Waals surface area (Å²) < 4.78 is 5.17. The summed E-state index contributed by atoms with van der Waals surface area (Å²) in [5.74, 6) is 0.730. The summed E-state index contributed by atoms with van der Waals surface area (Å²) in [6.07, 6.45) is 2.49. The summed E-state index contributed by atoms with van der Waals surface area (Å²) in [6.45, 7) is 7.85. The zero-order chi connectivity index (χ0) is 14.5. The SMILES string of the molecule is CCN1CCCC(NC(C)c2ccc(O)c(OC)c2)C1. The number of hydrogen-bond acceptors (Lipinski definition) is 4. The number of likely N-dealkylation sites (tertiary alicyclic amines) is 1. The first-order valence-corrected chi connectivity index (χ1v) is 7.49. The van der Waals surface area contributed by atoms with Crippen molar-refractivity contribution in [1.29, 1.82) is 0 Å². The number of nitrogens with zero attached hydrogens (tertiary/aromatic N) is 1. The maximum Gasteiger partial charge on any atom is 0.160 e. The number of phenols is 1. The standard InChI is InChI=1S/C16H26N2O2/c1-4-18-9-5-6-14(11-18)17-12(2)13-7-8-15(19)16(10-13)20-3/h7-8,10,12,14,17,19H,4-6,9,11H2,1-3H3. The van der Waals surface area contributed by atoms with Gasteiger partial charge in [0.05, 0.1) is 7.11 Å². The quantitative estimate of drug-likeness (QED) is 0.869. The molecule has 1 aromatic carbocycles. The van der Waals surface area contributed by atoms with Crippen molar-refractivity contribution < 1.29 is 9.84 Å². The van der Waals surface area contributed by atoms with E-state index in [2.05, 4.69) is 24.1 Å². The van der Waals surface area contributed by atoms with Crippen molar-refractivity contribution in [2.75, 3.05) is 26.7 Å². The number of phenolic OH excluding ortho intramolecular Hbond substituents is 1. The number of ether oxygens (including phenoxy) is 1. The maximum absolute atomic E-state index is 9.65. The van der Waals surface area contributed by atoms with Crippen molar-refractivity contribution in [2.24, 2.45) is 0 Å². The molecule has 2 atom stereocenters. The molecule has 0 aromatic heterocycles. The van der Waals surface area contributed by atoms with E-state index in [4.69, 9.17) is 4.74 Å². The molecule has 112 valence electrons. The molecule has 1 aromatic rings. The van der Waals surface area contributed by atoms with E-state index in [1.54, 1.807) is 13.2 Å². The van der Waals surface area contributed by atoms with Crippen LogP contribution in [0.3, 0.4) is 0 Å². The number of hydrogen-bond donors (Lipinski definition) is 2. The molecule has 0 radical (unpaired) electrons. The third-order valence-corrected chi connectivity index (χ3v) is 4.14. The van der Waals surface area contributed by atoms with Gasteiger partial charge >= 0.3 is 0 Å². The van der Waals surface area contributed by atoms with Gasteiger partial charge in [0, 0.05) is 18.6 Å². The van der Waals surface area contributed by atoms with Crippen molar-refractivity contribution in [1.82, 2.24) is 10.2 Å². The van der Waals surface area contributed by atoms with Gasteiger partial charge in [-0.15, -0.1) is 0 Å². The molecule has 2 N–H and O–H groups in total. The molecule has 0 spiro atoms. The predicted octanol–water partition coefficient (Wildman–Crippen LogP) is 2.54. The summed E-state index contributed by atoms with van der Waals surface area (Å²) in [7, 11) is 1.58. The van der Waals surface area contributed by atoms with E-state index in [0.29, 0.717) is 11.8 Å². The highest BCUT2D eigenvalue weighted by Gasteiger charge is 2.20. The van der Waals surface area contributed by atoms with Crippen LogP contribution in [0.25, 0.3) is 0 Å². The molecule has 0 amide bonds. The highest BCUT2D eigenvalue weighted by Crippen LogP contribution is 2.29. The fourth-order valence-corrected chi connectivity index (χ4v) is 2.89. The van der Waals surface area contributed by atoms with Crippen LogP contribution in [0.4, 0.5) is 0 Å². The van der Waals surface area contributed by atoms with E-state index >= 15 is 0 Å². The lowest BCUT2D eigenvalue weighted by Gasteiger charge is -2.34. The summed E-state index contributed by atoms with van der Waals surface area (Å²) in [5, 5.41) is 13.3. The first-order valence-electron chi connectivity index (χ1n) is 7.49. The smallest absolute Gasteiger partial charge is 0.160 e. The Morgan fingerprint density at radius 1 is 1.50 bits per heavy atom. The topological polar surface area (TPSA) is 44.7 Å². The number of aromatic hydroxyl groups is 1. The first-order chi connectivity index (χ1) is 9.63. The highest BCUT2D eigenvalue weighted by molar-refractivity contribution is 5.42. The van der Waals surface area contributed by atoms with E-state index in [9.17, 15) is 5.11 Å². The lowest BCUT2D eigenvalue weighted by Crippen LogP contribution is -2.46. The average molecular weight is 278 g/mol. The minimum Gasteiger partial charge on any atom is -0.504 e. The number of likely N-dealkylation sites (N-methyl/N-ethyl adjacent to an activating group) is 1. The Bertz CT molecular complexity index is 436. The highest BCUT2D eigenvalue weighted by atomic mass is 16.5. The van der Waals surface area contributed by atoms with Crippen LogP contribution >= 0.6 is 0 Å². The van der Waals surface area contributed by atoms with Crippen LogP contribution in [0, 0.1) is 0 Å². The van der Waals surface area contributed by atoms with Crippen molar-refractivity contribution >= 4 is 0 Å². The number of piperidine rings is 1. The molecule has 1 aliphatic rings. The van der Waals surface area contributed by atoms with E-state index in [0.717, 1.165) is 18.7 Å². The van der Waals surface area contributed by atoms with Gasteiger partial charge in [0.1, 0.15) is 0 Å². The van der Waals surface area contributed by atoms with Gasteiger partial charge in [-0.2, -0.15) is 0 Å². The van der Waals surface area contributed by atoms with Gasteiger partial charge in [0.25, 0.3) is 0 Å². The fourth-order valence-electron chi connectivity index (χ4n) is 2.89. The van der Waals surface area contributed by atoms with Gasteiger partial charge in [-0.3, -0.25) is 0 Å². The monoisotopic (exact) mass is 278 g/mol. The predicted molar refractivity (Wildman–Crippen MR) is 81.3 cm³/mol. The maximum atomic E-state index is 9.65. The zero-order valence-corrected chi connectivity index (χ0v) is 12.7. The van der Waals surface area contributed by atoms with Crippen LogP contribution in [0.2, 0.25) is 0 Å². The molecule has 4 heteroatoms. The number of methoxy groups -OCH3 is 1. The molecular weight excluding hydrogens is 252 g/mol. The molecular formula is C16H26N2O2. The van der Waals surface area contributed by atoms with Gasteiger partial charge in [-0.25, -0.2) is 0 Å². The minimum absolute atomic E-state index is 0.193. The molecule has 2 unspecified atom stereocenters. The van der Waals surface area contributed by atoms with E-state index in [1.807, 2.05) is 12.1 Å². The molecule has 2 rings (SSSR count). The average Bonchev–Trinajstić information content (AvgIpc) is 2.47. The molecule has 4 nitrogen and oxygen atoms in total. The van der Waals surface area contributed by atoms with Crippen molar-refractivity contribution in [2.45, 2.75) is 38.8 Å². The molecule has 1 fully saturated rings. The Hall–Kier alpha value is -1.26. The van der Waals surface area contributed by atoms with Gasteiger partial charge in [-0.1, -0.05) is 13.0 Å². The second-order valence-electron chi connectivity index (χ2n) is 5.55. The zero-order valence-electron chi connectivity index (χ0n) is 12.7. The van der Waals surface area contributed by atoms with Crippen LogP contribution < -0.4 is 10.1 Å². The third kappa shape index (κ3) is 3.64. The Kier molecular flexibility index (Phi) is 5.26. The van der Waals surface area contributed by atoms with Crippen molar-refractivity contribution in [3.8, 4) is 11.5 Å². The fraction of sp³-hybridized carbons (Fsp3) is 0.625. The molecule has 1 aliphatic heterocycles. The molecule has 0 bridgehead atoms. The molecule has 1 saturated heterocycles. The third-order valence-electron chi connectivity index (χ3n) is 4.14. The molecule has 0 aliphatic carbocycles. The molecule has 20 heavy (non-hydrogen) atoms. The second-order valence-corrected chi connectivity index (χ2v) is 5.55. The lowest BCUT2D eigenvalue weighted by molar-refractivity contribution is 0.192. The molecule has 1 heterocycles. The van der Waals surface area contributed by atoms with Crippen LogP contribution in [0.15, 0.2) is 18.2 Å². The van der Waals surface area contributed by atoms with Gasteiger partial charge < -0.3 is 20.1 Å². The van der Waals surface area contributed by atoms with E-state index < -0.39 is 0 Å². The summed E-state index contributed by atoms with van der Waals surface area (Å²) in [5.41, 5.74) is 1.15.